The number of hydrogen-bond acceptors (Lipinski definition) is 4. The highest BCUT2D eigenvalue weighted by molar-refractivity contribution is 6.02. The molecule has 0 amide bonds. The maximum Gasteiger partial charge on any atom is 0.331 e. The summed E-state index contributed by atoms with van der Waals surface area (Å²) in [7, 11) is 0. The Morgan fingerprint density at radius 1 is 1.24 bits per heavy atom. The van der Waals surface area contributed by atoms with Crippen molar-refractivity contribution < 1.29 is 5.11 Å². The third-order valence-electron chi connectivity index (χ3n) is 4.16. The molecule has 0 bridgehead atoms. The third kappa shape index (κ3) is 4.26. The van der Waals surface area contributed by atoms with Crippen LogP contribution in [0.3, 0.4) is 0 Å². The molecule has 0 fully saturated rings. The van der Waals surface area contributed by atoms with Gasteiger partial charge in [0.05, 0.1) is 11.8 Å². The van der Waals surface area contributed by atoms with E-state index >= 15 is 0 Å². The van der Waals surface area contributed by atoms with Gasteiger partial charge in [0.15, 0.2) is 0 Å². The first-order chi connectivity index (χ1) is 12.0. The Labute approximate surface area is 146 Å². The van der Waals surface area contributed by atoms with Gasteiger partial charge in [-0.3, -0.25) is 19.3 Å². The van der Waals surface area contributed by atoms with E-state index in [9.17, 15) is 14.7 Å². The van der Waals surface area contributed by atoms with E-state index in [1.807, 2.05) is 51.1 Å². The van der Waals surface area contributed by atoms with Crippen LogP contribution in [-0.2, 0) is 6.54 Å². The number of aromatic nitrogens is 2. The minimum Gasteiger partial charge on any atom is -0.494 e. The number of aromatic hydroxyl groups is 1. The summed E-state index contributed by atoms with van der Waals surface area (Å²) in [5.74, 6) is -0.303. The van der Waals surface area contributed by atoms with Crippen molar-refractivity contribution >= 4 is 5.71 Å². The molecule has 1 atom stereocenters. The fourth-order valence-electron chi connectivity index (χ4n) is 2.72. The van der Waals surface area contributed by atoms with Crippen molar-refractivity contribution in [2.24, 2.45) is 4.99 Å². The number of hydrogen-bond donors (Lipinski definition) is 2. The molecule has 134 valence electrons. The number of aromatic amines is 1. The molecule has 0 aliphatic heterocycles. The van der Waals surface area contributed by atoms with Crippen molar-refractivity contribution in [3.05, 3.63) is 62.3 Å². The van der Waals surface area contributed by atoms with Gasteiger partial charge in [0.25, 0.3) is 5.56 Å². The van der Waals surface area contributed by atoms with Crippen LogP contribution in [0.5, 0.6) is 5.88 Å². The first kappa shape index (κ1) is 18.7. The highest BCUT2D eigenvalue weighted by Crippen LogP contribution is 2.20. The predicted octanol–water partition coefficient (Wildman–Crippen LogP) is 3.00. The zero-order valence-corrected chi connectivity index (χ0v) is 15.0. The Morgan fingerprint density at radius 3 is 2.52 bits per heavy atom. The lowest BCUT2D eigenvalue weighted by Crippen LogP contribution is -2.34. The number of rotatable bonds is 7. The van der Waals surface area contributed by atoms with Gasteiger partial charge in [0, 0.05) is 6.54 Å². The van der Waals surface area contributed by atoms with E-state index in [0.717, 1.165) is 18.4 Å². The van der Waals surface area contributed by atoms with Crippen molar-refractivity contribution in [2.45, 2.75) is 52.6 Å². The first-order valence-corrected chi connectivity index (χ1v) is 8.67. The van der Waals surface area contributed by atoms with Gasteiger partial charge in [-0.25, -0.2) is 4.79 Å². The molecule has 0 saturated heterocycles. The summed E-state index contributed by atoms with van der Waals surface area (Å²) in [4.78, 5) is 31.2. The van der Waals surface area contributed by atoms with Crippen molar-refractivity contribution in [1.29, 1.82) is 0 Å². The molecule has 0 saturated carbocycles. The molecule has 6 nitrogen and oxygen atoms in total. The molecular formula is C19H25N3O3. The zero-order chi connectivity index (χ0) is 18.4. The van der Waals surface area contributed by atoms with Crippen LogP contribution in [0.25, 0.3) is 0 Å². The number of nitrogens with one attached hydrogen (secondary N) is 1. The number of H-pyrrole nitrogens is 1. The van der Waals surface area contributed by atoms with Gasteiger partial charge in [-0.15, -0.1) is 0 Å². The van der Waals surface area contributed by atoms with Gasteiger partial charge in [0.1, 0.15) is 5.56 Å². The lowest BCUT2D eigenvalue weighted by Gasteiger charge is -2.14. The van der Waals surface area contributed by atoms with Crippen LogP contribution in [0, 0.1) is 0 Å². The second-order valence-corrected chi connectivity index (χ2v) is 5.98. The molecule has 0 aliphatic rings. The third-order valence-corrected chi connectivity index (χ3v) is 4.16. The minimum absolute atomic E-state index is 0.0842. The standard InChI is InChI=1S/C19H25N3O3/c1-4-6-12-22-18(24)16(17(23)21-19(22)25)15(5-2)20-13(3)14-10-8-7-9-11-14/h7-11,13,24H,4-6,12H2,1-3H3,(H,21,23,25). The van der Waals surface area contributed by atoms with Gasteiger partial charge >= 0.3 is 5.69 Å². The summed E-state index contributed by atoms with van der Waals surface area (Å²) in [6.45, 7) is 6.16. The van der Waals surface area contributed by atoms with Gasteiger partial charge < -0.3 is 5.11 Å². The summed E-state index contributed by atoms with van der Waals surface area (Å²) in [6, 6.07) is 9.57. The van der Waals surface area contributed by atoms with E-state index in [2.05, 4.69) is 9.98 Å². The van der Waals surface area contributed by atoms with Crippen LogP contribution in [-0.4, -0.2) is 20.4 Å². The van der Waals surface area contributed by atoms with E-state index in [1.165, 1.54) is 4.57 Å². The molecular weight excluding hydrogens is 318 g/mol. The SMILES string of the molecule is CCCCn1c(O)c(C(CC)=NC(C)c2ccccc2)c(=O)[nH]c1=O. The Kier molecular flexibility index (Phi) is 6.33. The lowest BCUT2D eigenvalue weighted by molar-refractivity contribution is 0.394. The Hall–Kier alpha value is -2.63. The van der Waals surface area contributed by atoms with Crippen LogP contribution in [0.4, 0.5) is 0 Å². The van der Waals surface area contributed by atoms with Gasteiger partial charge in [0.2, 0.25) is 5.88 Å². The number of unbranched alkanes of at least 4 members (excludes halogenated alkanes) is 1. The van der Waals surface area contributed by atoms with Gasteiger partial charge in [-0.1, -0.05) is 50.6 Å². The first-order valence-electron chi connectivity index (χ1n) is 8.67. The highest BCUT2D eigenvalue weighted by Gasteiger charge is 2.19. The summed E-state index contributed by atoms with van der Waals surface area (Å²) < 4.78 is 1.21. The molecule has 1 aromatic heterocycles. The topological polar surface area (TPSA) is 87.4 Å². The Bertz CT molecular complexity index is 850. The smallest absolute Gasteiger partial charge is 0.331 e. The molecule has 1 heterocycles. The molecule has 2 rings (SSSR count). The molecule has 2 N–H and O–H groups in total. The maximum absolute atomic E-state index is 12.3. The second kappa shape index (κ2) is 8.46. The Balaban J connectivity index is 2.52. The summed E-state index contributed by atoms with van der Waals surface area (Å²) in [6.07, 6.45) is 2.08. The molecule has 6 heteroatoms. The normalized spacial score (nSPS) is 13.0. The van der Waals surface area contributed by atoms with Crippen LogP contribution >= 0.6 is 0 Å². The summed E-state index contributed by atoms with van der Waals surface area (Å²) >= 11 is 0. The summed E-state index contributed by atoms with van der Waals surface area (Å²) in [5, 5.41) is 10.5. The van der Waals surface area contributed by atoms with Crippen molar-refractivity contribution in [2.75, 3.05) is 0 Å². The molecule has 0 aliphatic carbocycles. The van der Waals surface area contributed by atoms with E-state index in [0.29, 0.717) is 18.7 Å². The van der Waals surface area contributed by atoms with Crippen LogP contribution < -0.4 is 11.2 Å². The average molecular weight is 343 g/mol. The van der Waals surface area contributed by atoms with Crippen LogP contribution in [0.2, 0.25) is 0 Å². The second-order valence-electron chi connectivity index (χ2n) is 5.98. The zero-order valence-electron chi connectivity index (χ0n) is 15.0. The minimum atomic E-state index is -0.601. The molecule has 1 unspecified atom stereocenters. The largest absolute Gasteiger partial charge is 0.494 e. The van der Waals surface area contributed by atoms with Gasteiger partial charge in [-0.2, -0.15) is 0 Å². The lowest BCUT2D eigenvalue weighted by atomic mass is 10.1. The van der Waals surface area contributed by atoms with Crippen molar-refractivity contribution in [3.63, 3.8) is 0 Å². The van der Waals surface area contributed by atoms with E-state index < -0.39 is 11.2 Å². The van der Waals surface area contributed by atoms with Crippen LogP contribution in [0.1, 0.15) is 57.2 Å². The predicted molar refractivity (Wildman–Crippen MR) is 99.6 cm³/mol. The fraction of sp³-hybridized carbons (Fsp3) is 0.421. The molecule has 0 spiro atoms. The van der Waals surface area contributed by atoms with E-state index in [1.54, 1.807) is 0 Å². The van der Waals surface area contributed by atoms with Crippen molar-refractivity contribution in [3.8, 4) is 5.88 Å². The van der Waals surface area contributed by atoms with Gasteiger partial charge in [-0.05, 0) is 25.3 Å². The maximum atomic E-state index is 12.3. The van der Waals surface area contributed by atoms with Crippen LogP contribution in [0.15, 0.2) is 44.9 Å². The number of aliphatic imine (C=N–C) groups is 1. The number of benzene rings is 1. The highest BCUT2D eigenvalue weighted by atomic mass is 16.3. The Morgan fingerprint density at radius 2 is 1.92 bits per heavy atom. The summed E-state index contributed by atoms with van der Waals surface area (Å²) in [5.41, 5.74) is 0.396. The van der Waals surface area contributed by atoms with E-state index in [4.69, 9.17) is 0 Å². The monoisotopic (exact) mass is 343 g/mol. The molecule has 0 radical (unpaired) electrons. The molecule has 25 heavy (non-hydrogen) atoms. The van der Waals surface area contributed by atoms with Crippen molar-refractivity contribution in [1.82, 2.24) is 9.55 Å². The number of nitrogens with zero attached hydrogens (tertiary/aromatic N) is 2. The molecule has 1 aromatic carbocycles. The average Bonchev–Trinajstić information content (AvgIpc) is 2.61. The van der Waals surface area contributed by atoms with E-state index in [-0.39, 0.29) is 17.5 Å². The quantitative estimate of drug-likeness (QED) is 0.758. The fourth-order valence-corrected chi connectivity index (χ4v) is 2.72. The molecule has 2 aromatic rings.